The van der Waals surface area contributed by atoms with E-state index in [0.29, 0.717) is 6.42 Å². The van der Waals surface area contributed by atoms with Gasteiger partial charge < -0.3 is 65.1 Å². The average Bonchev–Trinajstić information content (AvgIpc) is 3.33. The van der Waals surface area contributed by atoms with Crippen LogP contribution in [0, 0.1) is 0 Å². The minimum absolute atomic E-state index is 0.248. The van der Waals surface area contributed by atoms with Crippen LogP contribution in [0.5, 0.6) is 0 Å². The highest BCUT2D eigenvalue weighted by atomic mass is 16.7. The molecule has 2 aliphatic rings. The first-order chi connectivity index (χ1) is 32.6. The molecule has 67 heavy (non-hydrogen) atoms. The summed E-state index contributed by atoms with van der Waals surface area (Å²) in [5.41, 5.74) is 0. The Morgan fingerprint density at radius 2 is 1.00 bits per heavy atom. The summed E-state index contributed by atoms with van der Waals surface area (Å²) >= 11 is 0. The zero-order chi connectivity index (χ0) is 48.9. The van der Waals surface area contributed by atoms with E-state index in [0.717, 1.165) is 44.9 Å². The van der Waals surface area contributed by atoms with Gasteiger partial charge in [-0.05, 0) is 44.9 Å². The highest BCUT2D eigenvalue weighted by Gasteiger charge is 2.51. The number of nitrogens with one attached hydrogen (secondary N) is 1. The molecule has 0 saturated carbocycles. The summed E-state index contributed by atoms with van der Waals surface area (Å²) in [6, 6.07) is -0.908. The SMILES string of the molecule is CCCC/C=C/C(O)C(COC1OC(CO)C(OC2OC(CO)C(O)C(O)C2O)C(O)C1O)NC(=O)CCCCCCCCCCCCCCCCCCC/C=C\C/C=C\CCCCCCC. The van der Waals surface area contributed by atoms with Crippen molar-refractivity contribution in [2.24, 2.45) is 0 Å². The molecule has 2 fully saturated rings. The number of unbranched alkanes of at least 4 members (excludes halogenated alkanes) is 24. The molecule has 2 saturated heterocycles. The molecule has 2 heterocycles. The molecular formula is C53H97NO13. The summed E-state index contributed by atoms with van der Waals surface area (Å²) in [4.78, 5) is 13.0. The highest BCUT2D eigenvalue weighted by Crippen LogP contribution is 2.30. The van der Waals surface area contributed by atoms with E-state index in [2.05, 4.69) is 43.5 Å². The Morgan fingerprint density at radius 3 is 1.52 bits per heavy atom. The number of allylic oxidation sites excluding steroid dienone is 5. The first kappa shape index (κ1) is 61.3. The van der Waals surface area contributed by atoms with Crippen LogP contribution in [-0.2, 0) is 23.7 Å². The maximum Gasteiger partial charge on any atom is 0.220 e. The molecule has 0 spiro atoms. The Morgan fingerprint density at radius 1 is 0.537 bits per heavy atom. The Bertz CT molecular complexity index is 1270. The number of carbonyl (C=O) groups excluding carboxylic acids is 1. The van der Waals surface area contributed by atoms with Gasteiger partial charge in [-0.15, -0.1) is 0 Å². The molecule has 0 aromatic heterocycles. The highest BCUT2D eigenvalue weighted by molar-refractivity contribution is 5.76. The van der Waals surface area contributed by atoms with Crippen molar-refractivity contribution < 1.29 is 64.6 Å². The van der Waals surface area contributed by atoms with E-state index in [4.69, 9.17) is 18.9 Å². The second-order valence-corrected chi connectivity index (χ2v) is 19.0. The second kappa shape index (κ2) is 39.9. The zero-order valence-electron chi connectivity index (χ0n) is 41.6. The summed E-state index contributed by atoms with van der Waals surface area (Å²) in [6.07, 6.45) is 30.1. The van der Waals surface area contributed by atoms with E-state index in [9.17, 15) is 45.6 Å². The lowest BCUT2D eigenvalue weighted by molar-refractivity contribution is -0.359. The zero-order valence-corrected chi connectivity index (χ0v) is 41.6. The van der Waals surface area contributed by atoms with Gasteiger partial charge in [0.2, 0.25) is 5.91 Å². The number of aliphatic hydroxyl groups excluding tert-OH is 8. The Balaban J connectivity index is 1.57. The fourth-order valence-electron chi connectivity index (χ4n) is 8.66. The molecule has 1 amide bonds. The molecule has 2 rings (SSSR count). The summed E-state index contributed by atoms with van der Waals surface area (Å²) in [7, 11) is 0. The molecule has 9 N–H and O–H groups in total. The Kier molecular flexibility index (Phi) is 36.5. The third kappa shape index (κ3) is 26.8. The van der Waals surface area contributed by atoms with E-state index < -0.39 is 86.8 Å². The fourth-order valence-corrected chi connectivity index (χ4v) is 8.66. The summed E-state index contributed by atoms with van der Waals surface area (Å²) in [6.45, 7) is 2.61. The van der Waals surface area contributed by atoms with E-state index >= 15 is 0 Å². The average molecular weight is 956 g/mol. The third-order valence-electron chi connectivity index (χ3n) is 13.1. The van der Waals surface area contributed by atoms with Crippen LogP contribution in [0.25, 0.3) is 0 Å². The number of hydrogen-bond acceptors (Lipinski definition) is 13. The standard InChI is InChI=1S/C53H97NO13/c1-3-5-7-9-10-11-12-13-14-15-16-17-18-19-20-21-22-23-24-25-26-27-28-29-30-31-32-33-35-37-45(58)54-41(42(57)36-34-8-6-4-2)40-64-52-50(63)48(61)51(44(39-56)66-52)67-53-49(62)47(60)46(59)43(38-55)65-53/h12-13,15-16,34,36,41-44,46-53,55-57,59-63H,3-11,14,17-33,35,37-40H2,1-2H3,(H,54,58)/b13-12-,16-15-,36-34+. The Hall–Kier alpha value is -1.79. The fraction of sp³-hybridized carbons (Fsp3) is 0.868. The number of ether oxygens (including phenoxy) is 4. The van der Waals surface area contributed by atoms with Crippen molar-refractivity contribution in [3.63, 3.8) is 0 Å². The van der Waals surface area contributed by atoms with Crippen LogP contribution >= 0.6 is 0 Å². The number of carbonyl (C=O) groups is 1. The maximum absolute atomic E-state index is 13.0. The molecule has 12 atom stereocenters. The molecule has 0 aromatic rings. The lowest BCUT2D eigenvalue weighted by Gasteiger charge is -2.46. The maximum atomic E-state index is 13.0. The predicted molar refractivity (Wildman–Crippen MR) is 263 cm³/mol. The quantitative estimate of drug-likeness (QED) is 0.0214. The van der Waals surface area contributed by atoms with Crippen LogP contribution < -0.4 is 5.32 Å². The normalized spacial score (nSPS) is 26.8. The number of hydrogen-bond donors (Lipinski definition) is 9. The predicted octanol–water partition coefficient (Wildman–Crippen LogP) is 7.49. The molecule has 12 unspecified atom stereocenters. The molecule has 0 radical (unpaired) electrons. The molecule has 0 bridgehead atoms. The van der Waals surface area contributed by atoms with E-state index in [1.54, 1.807) is 6.08 Å². The number of amides is 1. The van der Waals surface area contributed by atoms with Crippen LogP contribution in [0.4, 0.5) is 0 Å². The molecule has 14 heteroatoms. The van der Waals surface area contributed by atoms with Crippen molar-refractivity contribution in [3.8, 4) is 0 Å². The van der Waals surface area contributed by atoms with Gasteiger partial charge in [-0.1, -0.05) is 185 Å². The van der Waals surface area contributed by atoms with Gasteiger partial charge in [-0.2, -0.15) is 0 Å². The van der Waals surface area contributed by atoms with Gasteiger partial charge in [0.05, 0.1) is 32.0 Å². The van der Waals surface area contributed by atoms with Gasteiger partial charge in [-0.3, -0.25) is 4.79 Å². The van der Waals surface area contributed by atoms with Crippen LogP contribution in [-0.4, -0.2) is 140 Å². The van der Waals surface area contributed by atoms with Crippen LogP contribution in [0.15, 0.2) is 36.5 Å². The molecule has 0 aliphatic carbocycles. The van der Waals surface area contributed by atoms with E-state index in [1.807, 2.05) is 6.08 Å². The smallest absolute Gasteiger partial charge is 0.220 e. The van der Waals surface area contributed by atoms with Crippen LogP contribution in [0.3, 0.4) is 0 Å². The number of aliphatic hydroxyl groups is 8. The summed E-state index contributed by atoms with van der Waals surface area (Å²) in [5.74, 6) is -0.248. The molecule has 0 aromatic carbocycles. The Labute approximate surface area is 404 Å². The van der Waals surface area contributed by atoms with Crippen LogP contribution in [0.2, 0.25) is 0 Å². The lowest BCUT2D eigenvalue weighted by Crippen LogP contribution is -2.65. The van der Waals surface area contributed by atoms with Gasteiger partial charge in [0.25, 0.3) is 0 Å². The molecular weight excluding hydrogens is 859 g/mol. The van der Waals surface area contributed by atoms with Gasteiger partial charge in [-0.25, -0.2) is 0 Å². The first-order valence-corrected chi connectivity index (χ1v) is 26.7. The molecule has 392 valence electrons. The second-order valence-electron chi connectivity index (χ2n) is 19.0. The van der Waals surface area contributed by atoms with Crippen LogP contribution in [0.1, 0.15) is 200 Å². The summed E-state index contributed by atoms with van der Waals surface area (Å²) < 4.78 is 22.5. The van der Waals surface area contributed by atoms with E-state index in [1.165, 1.54) is 128 Å². The molecule has 14 nitrogen and oxygen atoms in total. The van der Waals surface area contributed by atoms with Crippen molar-refractivity contribution in [2.75, 3.05) is 19.8 Å². The van der Waals surface area contributed by atoms with Crippen molar-refractivity contribution in [1.82, 2.24) is 5.32 Å². The summed E-state index contributed by atoms with van der Waals surface area (Å²) in [5, 5.41) is 86.1. The minimum atomic E-state index is -1.78. The van der Waals surface area contributed by atoms with Gasteiger partial charge in [0, 0.05) is 6.42 Å². The minimum Gasteiger partial charge on any atom is -0.394 e. The molecule has 2 aliphatic heterocycles. The van der Waals surface area contributed by atoms with Crippen molar-refractivity contribution >= 4 is 5.91 Å². The largest absolute Gasteiger partial charge is 0.394 e. The van der Waals surface area contributed by atoms with Gasteiger partial charge in [0.15, 0.2) is 12.6 Å². The monoisotopic (exact) mass is 956 g/mol. The van der Waals surface area contributed by atoms with Crippen molar-refractivity contribution in [2.45, 2.75) is 274 Å². The van der Waals surface area contributed by atoms with Gasteiger partial charge in [0.1, 0.15) is 48.8 Å². The van der Waals surface area contributed by atoms with Gasteiger partial charge >= 0.3 is 0 Å². The lowest BCUT2D eigenvalue weighted by atomic mass is 9.97. The third-order valence-corrected chi connectivity index (χ3v) is 13.1. The first-order valence-electron chi connectivity index (χ1n) is 26.7. The van der Waals surface area contributed by atoms with Crippen molar-refractivity contribution in [3.05, 3.63) is 36.5 Å². The van der Waals surface area contributed by atoms with Crippen molar-refractivity contribution in [1.29, 1.82) is 0 Å². The van der Waals surface area contributed by atoms with E-state index in [-0.39, 0.29) is 18.9 Å². The number of rotatable bonds is 41. The topological polar surface area (TPSA) is 228 Å².